The minimum Gasteiger partial charge on any atom is -0.457 e. The molecule has 2 unspecified atom stereocenters. The summed E-state index contributed by atoms with van der Waals surface area (Å²) in [4.78, 5) is 0. The number of para-hydroxylation sites is 1. The average molecular weight is 267 g/mol. The molecule has 0 amide bonds. The molecule has 0 spiro atoms. The molecule has 2 N–H and O–H groups in total. The van der Waals surface area contributed by atoms with Gasteiger partial charge in [-0.05, 0) is 54.5 Å². The van der Waals surface area contributed by atoms with E-state index in [9.17, 15) is 0 Å². The van der Waals surface area contributed by atoms with Crippen LogP contribution in [0.3, 0.4) is 0 Å². The van der Waals surface area contributed by atoms with E-state index in [0.29, 0.717) is 5.92 Å². The molecule has 2 nitrogen and oxygen atoms in total. The maximum atomic E-state index is 6.34. The molecule has 2 atom stereocenters. The Hall–Kier alpha value is -1.80. The van der Waals surface area contributed by atoms with Crippen molar-refractivity contribution in [1.82, 2.24) is 0 Å². The van der Waals surface area contributed by atoms with E-state index in [2.05, 4.69) is 19.1 Å². The van der Waals surface area contributed by atoms with Gasteiger partial charge in [-0.2, -0.15) is 0 Å². The Bertz CT molecular complexity index is 545. The number of benzene rings is 2. The van der Waals surface area contributed by atoms with Crippen molar-refractivity contribution >= 4 is 0 Å². The van der Waals surface area contributed by atoms with E-state index in [1.54, 1.807) is 0 Å². The summed E-state index contributed by atoms with van der Waals surface area (Å²) in [5.74, 6) is 3.10. The lowest BCUT2D eigenvalue weighted by Gasteiger charge is -2.20. The molecular formula is C18H21NO. The second-order valence-electron chi connectivity index (χ2n) is 5.71. The van der Waals surface area contributed by atoms with Gasteiger partial charge in [0.25, 0.3) is 0 Å². The van der Waals surface area contributed by atoms with E-state index in [0.717, 1.165) is 17.4 Å². The number of hydrogen-bond acceptors (Lipinski definition) is 2. The van der Waals surface area contributed by atoms with Crippen molar-refractivity contribution < 1.29 is 4.74 Å². The van der Waals surface area contributed by atoms with Crippen molar-refractivity contribution in [3.05, 3.63) is 60.2 Å². The largest absolute Gasteiger partial charge is 0.457 e. The van der Waals surface area contributed by atoms with Crippen LogP contribution in [0, 0.1) is 11.8 Å². The highest BCUT2D eigenvalue weighted by atomic mass is 16.5. The van der Waals surface area contributed by atoms with Crippen LogP contribution >= 0.6 is 0 Å². The summed E-state index contributed by atoms with van der Waals surface area (Å²) in [6, 6.07) is 18.1. The standard InChI is InChI=1S/C18H21NO/c1-13(14-7-8-14)18(19)15-9-11-17(12-10-15)20-16-5-3-2-4-6-16/h2-6,9-14,18H,7-8,19H2,1H3. The van der Waals surface area contributed by atoms with Crippen LogP contribution in [-0.4, -0.2) is 0 Å². The maximum absolute atomic E-state index is 6.34. The summed E-state index contributed by atoms with van der Waals surface area (Å²) < 4.78 is 5.79. The van der Waals surface area contributed by atoms with Crippen molar-refractivity contribution in [3.63, 3.8) is 0 Å². The first-order valence-corrected chi connectivity index (χ1v) is 7.32. The molecule has 2 aromatic rings. The topological polar surface area (TPSA) is 35.2 Å². The van der Waals surface area contributed by atoms with Crippen LogP contribution in [0.2, 0.25) is 0 Å². The van der Waals surface area contributed by atoms with Crippen LogP contribution in [0.25, 0.3) is 0 Å². The van der Waals surface area contributed by atoms with Crippen LogP contribution in [0.4, 0.5) is 0 Å². The molecule has 0 aliphatic heterocycles. The number of ether oxygens (including phenoxy) is 1. The first-order chi connectivity index (χ1) is 9.74. The van der Waals surface area contributed by atoms with Crippen LogP contribution in [0.5, 0.6) is 11.5 Å². The lowest BCUT2D eigenvalue weighted by atomic mass is 9.91. The van der Waals surface area contributed by atoms with Gasteiger partial charge in [-0.1, -0.05) is 37.3 Å². The third-order valence-corrected chi connectivity index (χ3v) is 4.18. The zero-order valence-corrected chi connectivity index (χ0v) is 11.8. The van der Waals surface area contributed by atoms with Gasteiger partial charge in [0.2, 0.25) is 0 Å². The van der Waals surface area contributed by atoms with Crippen LogP contribution < -0.4 is 10.5 Å². The Morgan fingerprint density at radius 3 is 2.15 bits per heavy atom. The van der Waals surface area contributed by atoms with Crippen molar-refractivity contribution in [2.75, 3.05) is 0 Å². The fourth-order valence-electron chi connectivity index (χ4n) is 2.60. The van der Waals surface area contributed by atoms with Crippen molar-refractivity contribution in [2.24, 2.45) is 17.6 Å². The molecule has 1 aliphatic carbocycles. The average Bonchev–Trinajstić information content (AvgIpc) is 3.32. The Morgan fingerprint density at radius 1 is 0.950 bits per heavy atom. The SMILES string of the molecule is CC(C1CC1)C(N)c1ccc(Oc2ccccc2)cc1. The van der Waals surface area contributed by atoms with Gasteiger partial charge < -0.3 is 10.5 Å². The number of nitrogens with two attached hydrogens (primary N) is 1. The second kappa shape index (κ2) is 5.68. The molecule has 0 radical (unpaired) electrons. The zero-order chi connectivity index (χ0) is 13.9. The van der Waals surface area contributed by atoms with Crippen molar-refractivity contribution in [3.8, 4) is 11.5 Å². The minimum absolute atomic E-state index is 0.133. The van der Waals surface area contributed by atoms with Crippen LogP contribution in [0.1, 0.15) is 31.4 Å². The summed E-state index contributed by atoms with van der Waals surface area (Å²) >= 11 is 0. The van der Waals surface area contributed by atoms with Crippen molar-refractivity contribution in [2.45, 2.75) is 25.8 Å². The third-order valence-electron chi connectivity index (χ3n) is 4.18. The highest BCUT2D eigenvalue weighted by Gasteiger charge is 2.32. The summed E-state index contributed by atoms with van der Waals surface area (Å²) in [6.07, 6.45) is 2.67. The van der Waals surface area contributed by atoms with E-state index >= 15 is 0 Å². The second-order valence-corrected chi connectivity index (χ2v) is 5.71. The van der Waals surface area contributed by atoms with Crippen molar-refractivity contribution in [1.29, 1.82) is 0 Å². The first-order valence-electron chi connectivity index (χ1n) is 7.32. The molecule has 0 bridgehead atoms. The van der Waals surface area contributed by atoms with E-state index in [-0.39, 0.29) is 6.04 Å². The van der Waals surface area contributed by atoms with Gasteiger partial charge >= 0.3 is 0 Å². The molecule has 1 fully saturated rings. The summed E-state index contributed by atoms with van der Waals surface area (Å²) in [5.41, 5.74) is 7.54. The molecule has 104 valence electrons. The van der Waals surface area contributed by atoms with Gasteiger partial charge in [-0.25, -0.2) is 0 Å². The minimum atomic E-state index is 0.133. The van der Waals surface area contributed by atoms with Gasteiger partial charge in [-0.3, -0.25) is 0 Å². The third kappa shape index (κ3) is 3.02. The van der Waals surface area contributed by atoms with E-state index in [1.165, 1.54) is 18.4 Å². The van der Waals surface area contributed by atoms with Gasteiger partial charge in [0, 0.05) is 6.04 Å². The monoisotopic (exact) mass is 267 g/mol. The van der Waals surface area contributed by atoms with Gasteiger partial charge in [-0.15, -0.1) is 0 Å². The Kier molecular flexibility index (Phi) is 3.75. The van der Waals surface area contributed by atoms with Gasteiger partial charge in [0.1, 0.15) is 11.5 Å². The van der Waals surface area contributed by atoms with E-state index in [4.69, 9.17) is 10.5 Å². The summed E-state index contributed by atoms with van der Waals surface area (Å²) in [6.45, 7) is 2.26. The molecule has 0 heterocycles. The van der Waals surface area contributed by atoms with Crippen LogP contribution in [-0.2, 0) is 0 Å². The lowest BCUT2D eigenvalue weighted by molar-refractivity contribution is 0.416. The molecule has 0 aromatic heterocycles. The molecule has 3 rings (SSSR count). The number of rotatable bonds is 5. The predicted molar refractivity (Wildman–Crippen MR) is 81.8 cm³/mol. The lowest BCUT2D eigenvalue weighted by Crippen LogP contribution is -2.20. The zero-order valence-electron chi connectivity index (χ0n) is 11.8. The highest BCUT2D eigenvalue weighted by Crippen LogP contribution is 2.41. The fraction of sp³-hybridized carbons (Fsp3) is 0.333. The van der Waals surface area contributed by atoms with Gasteiger partial charge in [0.05, 0.1) is 0 Å². The quantitative estimate of drug-likeness (QED) is 0.864. The highest BCUT2D eigenvalue weighted by molar-refractivity contribution is 5.34. The Labute approximate surface area is 120 Å². The summed E-state index contributed by atoms with van der Waals surface area (Å²) in [7, 11) is 0. The normalized spacial score (nSPS) is 17.5. The molecule has 2 heteroatoms. The van der Waals surface area contributed by atoms with Gasteiger partial charge in [0.15, 0.2) is 0 Å². The first kappa shape index (κ1) is 13.2. The van der Waals surface area contributed by atoms with Crippen LogP contribution in [0.15, 0.2) is 54.6 Å². The molecule has 0 saturated heterocycles. The Morgan fingerprint density at radius 2 is 1.55 bits per heavy atom. The molecule has 1 aliphatic rings. The maximum Gasteiger partial charge on any atom is 0.127 e. The van der Waals surface area contributed by atoms with E-state index in [1.807, 2.05) is 42.5 Å². The fourth-order valence-corrected chi connectivity index (χ4v) is 2.60. The van der Waals surface area contributed by atoms with E-state index < -0.39 is 0 Å². The smallest absolute Gasteiger partial charge is 0.127 e. The molecule has 20 heavy (non-hydrogen) atoms. The predicted octanol–water partition coefficient (Wildman–Crippen LogP) is 4.52. The molecule has 1 saturated carbocycles. The molecular weight excluding hydrogens is 246 g/mol. The summed E-state index contributed by atoms with van der Waals surface area (Å²) in [5, 5.41) is 0. The number of hydrogen-bond donors (Lipinski definition) is 1. The Balaban J connectivity index is 1.68. The molecule has 2 aromatic carbocycles.